The number of pyridine rings is 2. The zero-order valence-electron chi connectivity index (χ0n) is 12.1. The summed E-state index contributed by atoms with van der Waals surface area (Å²) in [5.74, 6) is -1.85. The van der Waals surface area contributed by atoms with Gasteiger partial charge in [-0.1, -0.05) is 0 Å². The van der Waals surface area contributed by atoms with Crippen molar-refractivity contribution in [3.8, 4) is 0 Å². The Bertz CT molecular complexity index is 591. The SMILES string of the molecule is O=C(O)c1cc[n+](CCCC[n+]2ccc(C(=O)O)cc2)cc1. The standard InChI is InChI=1S/C16H16N2O4/c19-15(20)13-3-9-17(10-4-13)7-1-2-8-18-11-5-14(6-12-18)16(21)22/h3-6,9-12H,1-2,7-8H2/p+2. The molecule has 0 radical (unpaired) electrons. The number of aromatic carboxylic acids is 2. The van der Waals surface area contributed by atoms with Gasteiger partial charge in [0.25, 0.3) is 0 Å². The predicted octanol–water partition coefficient (Wildman–Crippen LogP) is 1.14. The molecule has 0 saturated heterocycles. The molecule has 0 saturated carbocycles. The van der Waals surface area contributed by atoms with Gasteiger partial charge < -0.3 is 10.2 Å². The van der Waals surface area contributed by atoms with Crippen LogP contribution in [0.15, 0.2) is 49.1 Å². The topological polar surface area (TPSA) is 82.4 Å². The van der Waals surface area contributed by atoms with Crippen LogP contribution < -0.4 is 9.13 Å². The summed E-state index contributed by atoms with van der Waals surface area (Å²) in [5.41, 5.74) is 0.565. The average Bonchev–Trinajstić information content (AvgIpc) is 2.52. The molecule has 2 N–H and O–H groups in total. The molecular weight excluding hydrogens is 284 g/mol. The number of aryl methyl sites for hydroxylation is 2. The van der Waals surface area contributed by atoms with Gasteiger partial charge in [0, 0.05) is 37.1 Å². The minimum Gasteiger partial charge on any atom is -0.478 e. The van der Waals surface area contributed by atoms with E-state index >= 15 is 0 Å². The van der Waals surface area contributed by atoms with Gasteiger partial charge in [-0.05, 0) is 0 Å². The second-order valence-electron chi connectivity index (χ2n) is 4.97. The van der Waals surface area contributed by atoms with Crippen molar-refractivity contribution < 1.29 is 28.9 Å². The Morgan fingerprint density at radius 2 is 1.05 bits per heavy atom. The molecule has 2 aromatic rings. The Kier molecular flexibility index (Phi) is 5.19. The highest BCUT2D eigenvalue weighted by atomic mass is 16.4. The summed E-state index contributed by atoms with van der Waals surface area (Å²) in [6.45, 7) is 1.63. The molecule has 0 spiro atoms. The number of nitrogens with zero attached hydrogens (tertiary/aromatic N) is 2. The van der Waals surface area contributed by atoms with E-state index in [1.807, 2.05) is 9.13 Å². The number of aromatic nitrogens is 2. The quantitative estimate of drug-likeness (QED) is 0.593. The third-order valence-electron chi connectivity index (χ3n) is 3.36. The summed E-state index contributed by atoms with van der Waals surface area (Å²) < 4.78 is 3.90. The first-order valence-corrected chi connectivity index (χ1v) is 7.01. The fourth-order valence-corrected chi connectivity index (χ4v) is 2.09. The van der Waals surface area contributed by atoms with Gasteiger partial charge in [-0.3, -0.25) is 0 Å². The first-order valence-electron chi connectivity index (χ1n) is 7.01. The lowest BCUT2D eigenvalue weighted by atomic mass is 10.2. The Morgan fingerprint density at radius 1 is 0.727 bits per heavy atom. The molecule has 6 nitrogen and oxygen atoms in total. The second-order valence-corrected chi connectivity index (χ2v) is 4.97. The molecule has 22 heavy (non-hydrogen) atoms. The Balaban J connectivity index is 1.77. The number of rotatable bonds is 7. The van der Waals surface area contributed by atoms with E-state index in [9.17, 15) is 9.59 Å². The van der Waals surface area contributed by atoms with Gasteiger partial charge in [0.2, 0.25) is 0 Å². The Labute approximate surface area is 127 Å². The molecule has 0 amide bonds. The monoisotopic (exact) mass is 302 g/mol. The highest BCUT2D eigenvalue weighted by molar-refractivity contribution is 5.87. The van der Waals surface area contributed by atoms with Crippen LogP contribution in [0.3, 0.4) is 0 Å². The van der Waals surface area contributed by atoms with Gasteiger partial charge >= 0.3 is 11.9 Å². The van der Waals surface area contributed by atoms with Crippen molar-refractivity contribution in [3.05, 3.63) is 60.2 Å². The molecule has 0 atom stereocenters. The highest BCUT2D eigenvalue weighted by Gasteiger charge is 2.08. The van der Waals surface area contributed by atoms with Gasteiger partial charge in [0.15, 0.2) is 24.8 Å². The molecule has 2 rings (SSSR count). The molecule has 2 heterocycles. The molecular formula is C16H18N2O4+2. The van der Waals surface area contributed by atoms with Crippen LogP contribution in [0.4, 0.5) is 0 Å². The summed E-state index contributed by atoms with van der Waals surface area (Å²) in [6, 6.07) is 6.34. The third-order valence-corrected chi connectivity index (χ3v) is 3.36. The number of carboxylic acid groups (broad SMARTS) is 2. The van der Waals surface area contributed by atoms with Gasteiger partial charge in [-0.25, -0.2) is 18.7 Å². The van der Waals surface area contributed by atoms with Crippen LogP contribution in [-0.4, -0.2) is 22.2 Å². The average molecular weight is 302 g/mol. The molecule has 0 bridgehead atoms. The predicted molar refractivity (Wildman–Crippen MR) is 76.4 cm³/mol. The van der Waals surface area contributed by atoms with E-state index in [-0.39, 0.29) is 11.1 Å². The van der Waals surface area contributed by atoms with E-state index < -0.39 is 11.9 Å². The van der Waals surface area contributed by atoms with E-state index in [0.717, 1.165) is 25.9 Å². The first-order chi connectivity index (χ1) is 10.6. The smallest absolute Gasteiger partial charge is 0.336 e. The van der Waals surface area contributed by atoms with Crippen molar-refractivity contribution in [1.29, 1.82) is 0 Å². The van der Waals surface area contributed by atoms with Crippen molar-refractivity contribution >= 4 is 11.9 Å². The summed E-state index contributed by atoms with van der Waals surface area (Å²) in [6.07, 6.45) is 8.95. The molecule has 2 aromatic heterocycles. The number of hydrogen-bond acceptors (Lipinski definition) is 2. The second kappa shape index (κ2) is 7.31. The number of hydrogen-bond donors (Lipinski definition) is 2. The molecule has 6 heteroatoms. The molecule has 0 aliphatic heterocycles. The maximum Gasteiger partial charge on any atom is 0.336 e. The lowest BCUT2D eigenvalue weighted by molar-refractivity contribution is -0.708. The first kappa shape index (κ1) is 15.6. The van der Waals surface area contributed by atoms with Crippen LogP contribution in [0.5, 0.6) is 0 Å². The number of carboxylic acids is 2. The zero-order chi connectivity index (χ0) is 15.9. The number of carbonyl (C=O) groups is 2. The van der Waals surface area contributed by atoms with Crippen molar-refractivity contribution in [2.24, 2.45) is 0 Å². The van der Waals surface area contributed by atoms with E-state index in [1.165, 1.54) is 0 Å². The summed E-state index contributed by atoms with van der Waals surface area (Å²) in [5, 5.41) is 17.6. The van der Waals surface area contributed by atoms with Crippen molar-refractivity contribution in [2.45, 2.75) is 25.9 Å². The molecule has 0 aliphatic carbocycles. The summed E-state index contributed by atoms with van der Waals surface area (Å²) >= 11 is 0. The minimum absolute atomic E-state index is 0.283. The lowest BCUT2D eigenvalue weighted by Gasteiger charge is -1.98. The van der Waals surface area contributed by atoms with Crippen LogP contribution >= 0.6 is 0 Å². The molecule has 114 valence electrons. The Morgan fingerprint density at radius 3 is 1.32 bits per heavy atom. The van der Waals surface area contributed by atoms with E-state index in [4.69, 9.17) is 10.2 Å². The van der Waals surface area contributed by atoms with Crippen LogP contribution in [0, 0.1) is 0 Å². The van der Waals surface area contributed by atoms with Gasteiger partial charge in [-0.2, -0.15) is 0 Å². The van der Waals surface area contributed by atoms with E-state index in [0.29, 0.717) is 0 Å². The number of unbranched alkanes of at least 4 members (excludes halogenated alkanes) is 1. The summed E-state index contributed by atoms with van der Waals surface area (Å²) in [7, 11) is 0. The molecule has 0 fully saturated rings. The third kappa shape index (κ3) is 4.37. The van der Waals surface area contributed by atoms with Crippen LogP contribution in [0.2, 0.25) is 0 Å². The minimum atomic E-state index is -0.923. The van der Waals surface area contributed by atoms with Crippen molar-refractivity contribution in [1.82, 2.24) is 0 Å². The maximum absolute atomic E-state index is 10.7. The van der Waals surface area contributed by atoms with E-state index in [1.54, 1.807) is 49.1 Å². The zero-order valence-corrected chi connectivity index (χ0v) is 12.1. The highest BCUT2D eigenvalue weighted by Crippen LogP contribution is 1.97. The van der Waals surface area contributed by atoms with E-state index in [2.05, 4.69) is 0 Å². The van der Waals surface area contributed by atoms with Crippen LogP contribution in [0.25, 0.3) is 0 Å². The summed E-state index contributed by atoms with van der Waals surface area (Å²) in [4.78, 5) is 21.5. The fraction of sp³-hybridized carbons (Fsp3) is 0.250. The molecule has 0 aliphatic rings. The Hall–Kier alpha value is -2.76. The van der Waals surface area contributed by atoms with Gasteiger partial charge in [0.05, 0.1) is 11.1 Å². The molecule has 0 aromatic carbocycles. The van der Waals surface area contributed by atoms with Crippen molar-refractivity contribution in [3.63, 3.8) is 0 Å². The molecule has 0 unspecified atom stereocenters. The largest absolute Gasteiger partial charge is 0.478 e. The lowest BCUT2D eigenvalue weighted by Crippen LogP contribution is -2.35. The van der Waals surface area contributed by atoms with Crippen molar-refractivity contribution in [2.75, 3.05) is 0 Å². The normalized spacial score (nSPS) is 10.4. The fourth-order valence-electron chi connectivity index (χ4n) is 2.09. The maximum atomic E-state index is 10.7. The van der Waals surface area contributed by atoms with Gasteiger partial charge in [-0.15, -0.1) is 0 Å². The van der Waals surface area contributed by atoms with Crippen LogP contribution in [0.1, 0.15) is 33.6 Å². The van der Waals surface area contributed by atoms with Crippen LogP contribution in [-0.2, 0) is 13.1 Å². The van der Waals surface area contributed by atoms with Gasteiger partial charge in [0.1, 0.15) is 13.1 Å².